The Balaban J connectivity index is 2.05. The van der Waals surface area contributed by atoms with Crippen molar-refractivity contribution in [3.63, 3.8) is 0 Å². The molecule has 0 saturated heterocycles. The van der Waals surface area contributed by atoms with Crippen LogP contribution in [0.25, 0.3) is 0 Å². The average molecular weight is 525 g/mol. The maximum atomic E-state index is 13.8. The molecule has 0 aliphatic heterocycles. The highest BCUT2D eigenvalue weighted by atomic mass is 79.9. The van der Waals surface area contributed by atoms with Gasteiger partial charge in [-0.2, -0.15) is 8.78 Å². The van der Waals surface area contributed by atoms with E-state index in [-0.39, 0.29) is 17.5 Å². The second-order valence-electron chi connectivity index (χ2n) is 9.02. The summed E-state index contributed by atoms with van der Waals surface area (Å²) in [5.74, 6) is -1.56. The Bertz CT molecular complexity index is 1040. The minimum atomic E-state index is -3.08. The molecule has 0 bridgehead atoms. The molecule has 0 spiro atoms. The van der Waals surface area contributed by atoms with E-state index in [1.165, 1.54) is 12.3 Å². The summed E-state index contributed by atoms with van der Waals surface area (Å²) in [6.07, 6.45) is 2.58. The molecular formula is C24H27BrF2N2O4. The number of anilines is 1. The second-order valence-corrected chi connectivity index (χ2v) is 9.94. The molecule has 0 unspecified atom stereocenters. The van der Waals surface area contributed by atoms with Crippen molar-refractivity contribution < 1.29 is 28.2 Å². The number of carboxylic acids is 1. The van der Waals surface area contributed by atoms with Crippen molar-refractivity contribution >= 4 is 33.6 Å². The van der Waals surface area contributed by atoms with Crippen LogP contribution in [0.1, 0.15) is 63.5 Å². The van der Waals surface area contributed by atoms with E-state index in [9.17, 15) is 23.5 Å². The number of nitrogens with one attached hydrogen (secondary N) is 1. The SMILES string of the molecule is CC(C)c1ccccc1C1(C(=O)Nc2ncc(Br)cc2OC(F)F)CCC(C)(C(=O)O)CC1. The van der Waals surface area contributed by atoms with Gasteiger partial charge in [-0.05, 0) is 65.6 Å². The monoisotopic (exact) mass is 524 g/mol. The quantitative estimate of drug-likeness (QED) is 0.456. The van der Waals surface area contributed by atoms with Crippen LogP contribution in [-0.4, -0.2) is 28.6 Å². The number of nitrogens with zero attached hydrogens (tertiary/aromatic N) is 1. The number of carboxylic acid groups (broad SMARTS) is 1. The Morgan fingerprint density at radius 3 is 2.39 bits per heavy atom. The normalized spacial score (nSPS) is 22.9. The van der Waals surface area contributed by atoms with Gasteiger partial charge in [0.1, 0.15) is 0 Å². The van der Waals surface area contributed by atoms with Crippen molar-refractivity contribution in [3.05, 3.63) is 52.1 Å². The number of carbonyl (C=O) groups is 2. The van der Waals surface area contributed by atoms with Crippen LogP contribution in [0.3, 0.4) is 0 Å². The minimum Gasteiger partial charge on any atom is -0.481 e. The van der Waals surface area contributed by atoms with Gasteiger partial charge in [0.15, 0.2) is 11.6 Å². The highest BCUT2D eigenvalue weighted by Gasteiger charge is 2.50. The molecular weight excluding hydrogens is 498 g/mol. The zero-order chi connectivity index (χ0) is 24.4. The van der Waals surface area contributed by atoms with Crippen LogP contribution in [0.2, 0.25) is 0 Å². The molecule has 1 heterocycles. The highest BCUT2D eigenvalue weighted by molar-refractivity contribution is 9.10. The summed E-state index contributed by atoms with van der Waals surface area (Å²) in [6, 6.07) is 8.92. The Labute approximate surface area is 199 Å². The van der Waals surface area contributed by atoms with Gasteiger partial charge in [0.25, 0.3) is 0 Å². The zero-order valence-electron chi connectivity index (χ0n) is 18.7. The van der Waals surface area contributed by atoms with Gasteiger partial charge in [-0.1, -0.05) is 38.1 Å². The fourth-order valence-corrected chi connectivity index (χ4v) is 4.74. The van der Waals surface area contributed by atoms with Crippen molar-refractivity contribution in [2.75, 3.05) is 5.32 Å². The number of hydrogen-bond acceptors (Lipinski definition) is 4. The number of halogens is 3. The number of ether oxygens (including phenoxy) is 1. The first-order valence-electron chi connectivity index (χ1n) is 10.7. The van der Waals surface area contributed by atoms with E-state index in [0.717, 1.165) is 11.1 Å². The second kappa shape index (κ2) is 9.75. The summed E-state index contributed by atoms with van der Waals surface area (Å²) < 4.78 is 30.9. The van der Waals surface area contributed by atoms with Gasteiger partial charge in [-0.15, -0.1) is 0 Å². The van der Waals surface area contributed by atoms with Crippen LogP contribution in [0.4, 0.5) is 14.6 Å². The van der Waals surface area contributed by atoms with Crippen molar-refractivity contribution in [1.82, 2.24) is 4.98 Å². The van der Waals surface area contributed by atoms with Crippen LogP contribution >= 0.6 is 15.9 Å². The molecule has 1 aliphatic rings. The Morgan fingerprint density at radius 1 is 1.18 bits per heavy atom. The van der Waals surface area contributed by atoms with Crippen molar-refractivity contribution in [2.24, 2.45) is 5.41 Å². The lowest BCUT2D eigenvalue weighted by atomic mass is 9.60. The number of alkyl halides is 2. The van der Waals surface area contributed by atoms with Gasteiger partial charge in [-0.3, -0.25) is 9.59 Å². The van der Waals surface area contributed by atoms with E-state index < -0.39 is 29.3 Å². The van der Waals surface area contributed by atoms with E-state index >= 15 is 0 Å². The van der Waals surface area contributed by atoms with Crippen LogP contribution in [0.5, 0.6) is 5.75 Å². The van der Waals surface area contributed by atoms with Gasteiger partial charge in [0.2, 0.25) is 5.91 Å². The molecule has 1 amide bonds. The first-order valence-corrected chi connectivity index (χ1v) is 11.5. The third kappa shape index (κ3) is 5.18. The van der Waals surface area contributed by atoms with E-state index in [4.69, 9.17) is 0 Å². The number of aromatic nitrogens is 1. The smallest absolute Gasteiger partial charge is 0.387 e. The maximum Gasteiger partial charge on any atom is 0.387 e. The largest absolute Gasteiger partial charge is 0.481 e. The predicted octanol–water partition coefficient (Wildman–Crippen LogP) is 6.11. The lowest BCUT2D eigenvalue weighted by molar-refractivity contribution is -0.151. The van der Waals surface area contributed by atoms with Crippen LogP contribution in [0, 0.1) is 5.41 Å². The molecule has 1 fully saturated rings. The molecule has 2 aromatic rings. The number of benzene rings is 1. The summed E-state index contributed by atoms with van der Waals surface area (Å²) >= 11 is 3.17. The summed E-state index contributed by atoms with van der Waals surface area (Å²) in [5, 5.41) is 12.4. The van der Waals surface area contributed by atoms with E-state index in [2.05, 4.69) is 31.0 Å². The van der Waals surface area contributed by atoms with Gasteiger partial charge >= 0.3 is 12.6 Å². The maximum absolute atomic E-state index is 13.8. The van der Waals surface area contributed by atoms with Crippen molar-refractivity contribution in [2.45, 2.75) is 64.4 Å². The number of pyridine rings is 1. The third-order valence-electron chi connectivity index (χ3n) is 6.52. The van der Waals surface area contributed by atoms with Crippen LogP contribution in [0.15, 0.2) is 41.0 Å². The molecule has 0 atom stereocenters. The van der Waals surface area contributed by atoms with Crippen LogP contribution < -0.4 is 10.1 Å². The minimum absolute atomic E-state index is 0.114. The fraction of sp³-hybridized carbons (Fsp3) is 0.458. The zero-order valence-corrected chi connectivity index (χ0v) is 20.3. The molecule has 178 valence electrons. The molecule has 1 aliphatic carbocycles. The molecule has 1 aromatic carbocycles. The number of rotatable bonds is 7. The lowest BCUT2D eigenvalue weighted by Crippen LogP contribution is -2.47. The lowest BCUT2D eigenvalue weighted by Gasteiger charge is -2.43. The van der Waals surface area contributed by atoms with Gasteiger partial charge in [0.05, 0.1) is 10.8 Å². The molecule has 0 radical (unpaired) electrons. The standard InChI is InChI=1S/C24H27BrF2N2O4/c1-14(2)16-6-4-5-7-17(16)24(10-8-23(3,9-11-24)21(31)32)20(30)29-19-18(33-22(26)27)12-15(25)13-28-19/h4-7,12-14,22H,8-11H2,1-3H3,(H,31,32)(H,28,29,30). The molecule has 3 rings (SSSR count). The summed E-state index contributed by atoms with van der Waals surface area (Å²) in [5.41, 5.74) is -0.166. The first-order chi connectivity index (χ1) is 15.5. The summed E-state index contributed by atoms with van der Waals surface area (Å²) in [4.78, 5) is 29.7. The molecule has 1 saturated carbocycles. The van der Waals surface area contributed by atoms with Crippen LogP contribution in [-0.2, 0) is 15.0 Å². The number of hydrogen-bond donors (Lipinski definition) is 2. The number of amides is 1. The third-order valence-corrected chi connectivity index (χ3v) is 6.96. The Hall–Kier alpha value is -2.55. The molecule has 1 aromatic heterocycles. The average Bonchev–Trinajstić information content (AvgIpc) is 2.75. The molecule has 6 nitrogen and oxygen atoms in total. The molecule has 2 N–H and O–H groups in total. The van der Waals surface area contributed by atoms with Crippen molar-refractivity contribution in [3.8, 4) is 5.75 Å². The summed E-state index contributed by atoms with van der Waals surface area (Å²) in [6.45, 7) is 2.66. The van der Waals surface area contributed by atoms with Gasteiger partial charge < -0.3 is 15.2 Å². The molecule has 9 heteroatoms. The highest BCUT2D eigenvalue weighted by Crippen LogP contribution is 2.49. The predicted molar refractivity (Wildman–Crippen MR) is 124 cm³/mol. The van der Waals surface area contributed by atoms with E-state index in [1.807, 2.05) is 38.1 Å². The number of carbonyl (C=O) groups excluding carboxylic acids is 1. The Kier molecular flexibility index (Phi) is 7.41. The van der Waals surface area contributed by atoms with Gasteiger partial charge in [0, 0.05) is 16.7 Å². The Morgan fingerprint density at radius 2 is 1.82 bits per heavy atom. The van der Waals surface area contributed by atoms with E-state index in [0.29, 0.717) is 30.2 Å². The first kappa shape index (κ1) is 25.1. The van der Waals surface area contributed by atoms with Crippen molar-refractivity contribution in [1.29, 1.82) is 0 Å². The topological polar surface area (TPSA) is 88.5 Å². The number of aliphatic carboxylic acids is 1. The summed E-state index contributed by atoms with van der Waals surface area (Å²) in [7, 11) is 0. The van der Waals surface area contributed by atoms with Gasteiger partial charge in [-0.25, -0.2) is 4.98 Å². The molecule has 33 heavy (non-hydrogen) atoms. The fourth-order valence-electron chi connectivity index (χ4n) is 4.42. The van der Waals surface area contributed by atoms with E-state index in [1.54, 1.807) is 6.92 Å².